The third-order valence-electron chi connectivity index (χ3n) is 5.74. The molecule has 0 radical (unpaired) electrons. The molecule has 1 aliphatic heterocycles. The summed E-state index contributed by atoms with van der Waals surface area (Å²) in [5.41, 5.74) is 1.35. The van der Waals surface area contributed by atoms with Crippen LogP contribution in [-0.2, 0) is 13.0 Å². The number of nitrogens with zero attached hydrogens (tertiary/aromatic N) is 4. The van der Waals surface area contributed by atoms with Gasteiger partial charge in [-0.05, 0) is 36.9 Å². The van der Waals surface area contributed by atoms with Crippen LogP contribution in [0.5, 0.6) is 0 Å². The van der Waals surface area contributed by atoms with Crippen molar-refractivity contribution in [3.63, 3.8) is 0 Å². The van der Waals surface area contributed by atoms with E-state index >= 15 is 0 Å². The number of likely N-dealkylation sites (N-methyl/N-ethyl adjacent to an activating group) is 1. The third kappa shape index (κ3) is 3.90. The van der Waals surface area contributed by atoms with Gasteiger partial charge in [0.25, 0.3) is 5.56 Å². The minimum absolute atomic E-state index is 0.102. The highest BCUT2D eigenvalue weighted by Gasteiger charge is 2.27. The van der Waals surface area contributed by atoms with Crippen LogP contribution in [0.25, 0.3) is 10.2 Å². The molecule has 28 heavy (non-hydrogen) atoms. The molecule has 3 aromatic rings. The molecular weight excluding hydrogens is 368 g/mol. The zero-order chi connectivity index (χ0) is 19.5. The number of hydrogen-bond acceptors (Lipinski definition) is 5. The molecule has 0 saturated carbocycles. The molecule has 2 aromatic heterocycles. The van der Waals surface area contributed by atoms with E-state index < -0.39 is 0 Å². The van der Waals surface area contributed by atoms with Gasteiger partial charge < -0.3 is 4.90 Å². The van der Waals surface area contributed by atoms with Gasteiger partial charge in [0, 0.05) is 32.7 Å². The molecule has 0 amide bonds. The van der Waals surface area contributed by atoms with Gasteiger partial charge in [-0.3, -0.25) is 14.3 Å². The topological polar surface area (TPSA) is 41.4 Å². The highest BCUT2D eigenvalue weighted by molar-refractivity contribution is 7.16. The van der Waals surface area contributed by atoms with E-state index in [-0.39, 0.29) is 11.6 Å². The van der Waals surface area contributed by atoms with Gasteiger partial charge in [-0.1, -0.05) is 37.3 Å². The SMILES string of the molecule is CCC(c1nc2sccc2c(=O)n1CCc1ccccc1)N1CCN(C)CC1. The summed E-state index contributed by atoms with van der Waals surface area (Å²) in [4.78, 5) is 24.0. The second-order valence-corrected chi connectivity index (χ2v) is 8.46. The van der Waals surface area contributed by atoms with Crippen molar-refractivity contribution in [3.8, 4) is 0 Å². The monoisotopic (exact) mass is 396 g/mol. The van der Waals surface area contributed by atoms with Crippen molar-refractivity contribution < 1.29 is 0 Å². The first-order chi connectivity index (χ1) is 13.7. The average Bonchev–Trinajstić information content (AvgIpc) is 3.19. The summed E-state index contributed by atoms with van der Waals surface area (Å²) in [5, 5.41) is 2.72. The number of fused-ring (bicyclic) bond motifs is 1. The summed E-state index contributed by atoms with van der Waals surface area (Å²) < 4.78 is 1.94. The molecule has 1 saturated heterocycles. The lowest BCUT2D eigenvalue weighted by molar-refractivity contribution is 0.102. The van der Waals surface area contributed by atoms with E-state index in [4.69, 9.17) is 4.98 Å². The first-order valence-corrected chi connectivity index (χ1v) is 11.0. The molecule has 0 N–H and O–H groups in total. The van der Waals surface area contributed by atoms with Crippen LogP contribution in [0, 0.1) is 0 Å². The van der Waals surface area contributed by atoms with Crippen molar-refractivity contribution in [2.45, 2.75) is 32.4 Å². The Bertz CT molecular complexity index is 973. The number of piperazine rings is 1. The lowest BCUT2D eigenvalue weighted by Gasteiger charge is -2.37. The highest BCUT2D eigenvalue weighted by atomic mass is 32.1. The molecule has 1 fully saturated rings. The van der Waals surface area contributed by atoms with E-state index in [1.165, 1.54) is 5.56 Å². The number of hydrogen-bond donors (Lipinski definition) is 0. The van der Waals surface area contributed by atoms with Crippen LogP contribution in [0.3, 0.4) is 0 Å². The number of thiophene rings is 1. The van der Waals surface area contributed by atoms with Crippen molar-refractivity contribution in [1.82, 2.24) is 19.4 Å². The van der Waals surface area contributed by atoms with Gasteiger partial charge in [-0.15, -0.1) is 11.3 Å². The van der Waals surface area contributed by atoms with E-state index in [9.17, 15) is 4.79 Å². The zero-order valence-corrected chi connectivity index (χ0v) is 17.5. The van der Waals surface area contributed by atoms with Gasteiger partial charge in [-0.2, -0.15) is 0 Å². The normalized spacial score (nSPS) is 17.2. The molecule has 0 aliphatic carbocycles. The molecule has 5 nitrogen and oxygen atoms in total. The Hall–Kier alpha value is -2.02. The Morgan fingerprint density at radius 3 is 2.57 bits per heavy atom. The van der Waals surface area contributed by atoms with E-state index in [2.05, 4.69) is 48.0 Å². The molecule has 1 aromatic carbocycles. The van der Waals surface area contributed by atoms with Crippen LogP contribution in [0.15, 0.2) is 46.6 Å². The van der Waals surface area contributed by atoms with Crippen LogP contribution in [0.2, 0.25) is 0 Å². The minimum atomic E-state index is 0.102. The number of aryl methyl sites for hydroxylation is 1. The standard InChI is InChI=1S/C22H28N4OS/c1-3-19(25-14-12-24(2)13-15-25)20-23-21-18(10-16-28-21)22(27)26(20)11-9-17-7-5-4-6-8-17/h4-8,10,16,19H,3,9,11-15H2,1-2H3. The fourth-order valence-corrected chi connectivity index (χ4v) is 4.82. The molecule has 0 spiro atoms. The van der Waals surface area contributed by atoms with Gasteiger partial charge in [0.2, 0.25) is 0 Å². The summed E-state index contributed by atoms with van der Waals surface area (Å²) in [7, 11) is 2.17. The quantitative estimate of drug-likeness (QED) is 0.640. The molecule has 1 unspecified atom stereocenters. The van der Waals surface area contributed by atoms with E-state index in [0.717, 1.165) is 55.1 Å². The number of aromatic nitrogens is 2. The van der Waals surface area contributed by atoms with Crippen molar-refractivity contribution >= 4 is 21.6 Å². The predicted molar refractivity (Wildman–Crippen MR) is 116 cm³/mol. The molecule has 6 heteroatoms. The molecule has 148 valence electrons. The lowest BCUT2D eigenvalue weighted by Crippen LogP contribution is -2.47. The fourth-order valence-electron chi connectivity index (χ4n) is 4.06. The van der Waals surface area contributed by atoms with Gasteiger partial charge in [0.15, 0.2) is 0 Å². The molecule has 0 bridgehead atoms. The predicted octanol–water partition coefficient (Wildman–Crippen LogP) is 3.40. The Labute approximate surface area is 170 Å². The van der Waals surface area contributed by atoms with Crippen molar-refractivity contribution in [3.05, 3.63) is 63.5 Å². The molecule has 4 rings (SSSR count). The van der Waals surface area contributed by atoms with E-state index in [0.29, 0.717) is 6.54 Å². The Morgan fingerprint density at radius 2 is 1.86 bits per heavy atom. The van der Waals surface area contributed by atoms with E-state index in [1.807, 2.05) is 22.1 Å². The number of benzene rings is 1. The largest absolute Gasteiger partial charge is 0.304 e. The third-order valence-corrected chi connectivity index (χ3v) is 6.55. The minimum Gasteiger partial charge on any atom is -0.304 e. The summed E-state index contributed by atoms with van der Waals surface area (Å²) >= 11 is 1.56. The summed E-state index contributed by atoms with van der Waals surface area (Å²) in [6.07, 6.45) is 1.79. The first-order valence-electron chi connectivity index (χ1n) is 10.1. The highest BCUT2D eigenvalue weighted by Crippen LogP contribution is 2.26. The summed E-state index contributed by atoms with van der Waals surface area (Å²) in [6.45, 7) is 7.03. The lowest BCUT2D eigenvalue weighted by atomic mass is 10.1. The maximum atomic E-state index is 13.3. The maximum absolute atomic E-state index is 13.3. The molecule has 3 heterocycles. The van der Waals surface area contributed by atoms with Crippen LogP contribution in [0.1, 0.15) is 30.8 Å². The fraction of sp³-hybridized carbons (Fsp3) is 0.455. The molecule has 1 aliphatic rings. The second-order valence-electron chi connectivity index (χ2n) is 7.57. The van der Waals surface area contributed by atoms with Gasteiger partial charge in [0.1, 0.15) is 10.7 Å². The van der Waals surface area contributed by atoms with Crippen molar-refractivity contribution in [2.24, 2.45) is 0 Å². The van der Waals surface area contributed by atoms with Crippen molar-refractivity contribution in [2.75, 3.05) is 33.2 Å². The molecule has 1 atom stereocenters. The van der Waals surface area contributed by atoms with Crippen LogP contribution in [-0.4, -0.2) is 52.6 Å². The van der Waals surface area contributed by atoms with E-state index in [1.54, 1.807) is 11.3 Å². The summed E-state index contributed by atoms with van der Waals surface area (Å²) in [5.74, 6) is 0.933. The zero-order valence-electron chi connectivity index (χ0n) is 16.7. The van der Waals surface area contributed by atoms with Crippen LogP contribution >= 0.6 is 11.3 Å². The average molecular weight is 397 g/mol. The Balaban J connectivity index is 1.71. The summed E-state index contributed by atoms with van der Waals surface area (Å²) in [6, 6.07) is 12.5. The van der Waals surface area contributed by atoms with Gasteiger partial charge in [-0.25, -0.2) is 4.98 Å². The van der Waals surface area contributed by atoms with Gasteiger partial charge in [0.05, 0.1) is 11.4 Å². The number of rotatable bonds is 6. The maximum Gasteiger partial charge on any atom is 0.262 e. The van der Waals surface area contributed by atoms with Crippen LogP contribution < -0.4 is 5.56 Å². The smallest absolute Gasteiger partial charge is 0.262 e. The van der Waals surface area contributed by atoms with Crippen molar-refractivity contribution in [1.29, 1.82) is 0 Å². The first kappa shape index (κ1) is 19.3. The Morgan fingerprint density at radius 1 is 1.11 bits per heavy atom. The Kier molecular flexibility index (Phi) is 5.90. The van der Waals surface area contributed by atoms with Gasteiger partial charge >= 0.3 is 0 Å². The second kappa shape index (κ2) is 8.55. The molecular formula is C22H28N4OS. The van der Waals surface area contributed by atoms with Crippen LogP contribution in [0.4, 0.5) is 0 Å².